The minimum atomic E-state index is -0.0576. The van der Waals surface area contributed by atoms with Gasteiger partial charge in [-0.15, -0.1) is 11.3 Å². The van der Waals surface area contributed by atoms with E-state index in [4.69, 9.17) is 11.6 Å². The summed E-state index contributed by atoms with van der Waals surface area (Å²) in [6.45, 7) is 7.01. The van der Waals surface area contributed by atoms with Crippen LogP contribution < -0.4 is 5.32 Å². The van der Waals surface area contributed by atoms with Gasteiger partial charge < -0.3 is 10.3 Å². The number of thiazole rings is 1. The van der Waals surface area contributed by atoms with Gasteiger partial charge in [-0.1, -0.05) is 32.4 Å². The first-order chi connectivity index (χ1) is 11.8. The van der Waals surface area contributed by atoms with Crippen molar-refractivity contribution in [3.05, 3.63) is 45.1 Å². The van der Waals surface area contributed by atoms with Crippen molar-refractivity contribution in [1.29, 1.82) is 0 Å². The summed E-state index contributed by atoms with van der Waals surface area (Å²) in [4.78, 5) is 24.3. The Morgan fingerprint density at radius 3 is 2.84 bits per heavy atom. The lowest BCUT2D eigenvalue weighted by molar-refractivity contribution is -0.120. The number of amides is 1. The van der Waals surface area contributed by atoms with E-state index < -0.39 is 0 Å². The molecular weight excluding hydrogens is 356 g/mol. The first kappa shape index (κ1) is 17.9. The number of imidazole rings is 1. The molecule has 3 aromatic rings. The number of rotatable bonds is 5. The topological polar surface area (TPSA) is 70.7 Å². The molecule has 3 rings (SSSR count). The maximum atomic E-state index is 12.1. The summed E-state index contributed by atoms with van der Waals surface area (Å²) in [5.74, 6) is 0.580. The number of aromatic nitrogens is 3. The van der Waals surface area contributed by atoms with E-state index >= 15 is 0 Å². The van der Waals surface area contributed by atoms with Gasteiger partial charge >= 0.3 is 0 Å². The van der Waals surface area contributed by atoms with Gasteiger partial charge in [-0.3, -0.25) is 4.79 Å². The van der Waals surface area contributed by atoms with Gasteiger partial charge in [-0.25, -0.2) is 9.97 Å². The van der Waals surface area contributed by atoms with Crippen molar-refractivity contribution in [3.8, 4) is 0 Å². The van der Waals surface area contributed by atoms with Crippen molar-refractivity contribution in [2.75, 3.05) is 6.54 Å². The maximum absolute atomic E-state index is 12.1. The number of fused-ring (bicyclic) bond motifs is 1. The average molecular weight is 377 g/mol. The van der Waals surface area contributed by atoms with E-state index in [9.17, 15) is 4.79 Å². The van der Waals surface area contributed by atoms with Crippen LogP contribution in [0.4, 0.5) is 0 Å². The van der Waals surface area contributed by atoms with Crippen LogP contribution in [-0.4, -0.2) is 27.4 Å². The summed E-state index contributed by atoms with van der Waals surface area (Å²) >= 11 is 7.60. The van der Waals surface area contributed by atoms with Crippen LogP contribution in [0.5, 0.6) is 0 Å². The second-order valence-electron chi connectivity index (χ2n) is 7.00. The molecule has 0 spiro atoms. The fraction of sp³-hybridized carbons (Fsp3) is 0.389. The zero-order chi connectivity index (χ0) is 18.0. The average Bonchev–Trinajstić information content (AvgIpc) is 3.12. The molecule has 0 saturated carbocycles. The second kappa shape index (κ2) is 7.14. The van der Waals surface area contributed by atoms with Crippen molar-refractivity contribution >= 4 is 39.9 Å². The summed E-state index contributed by atoms with van der Waals surface area (Å²) in [6.07, 6.45) is 0.958. The van der Waals surface area contributed by atoms with Crippen molar-refractivity contribution in [1.82, 2.24) is 20.3 Å². The highest BCUT2D eigenvalue weighted by atomic mass is 35.5. The van der Waals surface area contributed by atoms with Gasteiger partial charge in [0.25, 0.3) is 0 Å². The Morgan fingerprint density at radius 1 is 1.32 bits per heavy atom. The van der Waals surface area contributed by atoms with Gasteiger partial charge in [-0.05, 0) is 18.2 Å². The molecule has 0 aliphatic heterocycles. The number of hydrogen-bond donors (Lipinski definition) is 2. The van der Waals surface area contributed by atoms with Crippen molar-refractivity contribution < 1.29 is 4.79 Å². The monoisotopic (exact) mass is 376 g/mol. The van der Waals surface area contributed by atoms with E-state index in [-0.39, 0.29) is 17.7 Å². The van der Waals surface area contributed by atoms with E-state index in [0.29, 0.717) is 17.4 Å². The zero-order valence-corrected chi connectivity index (χ0v) is 16.1. The molecule has 0 aliphatic carbocycles. The summed E-state index contributed by atoms with van der Waals surface area (Å²) in [5.41, 5.74) is 2.81. The molecule has 0 fully saturated rings. The molecule has 0 saturated heterocycles. The second-order valence-corrected chi connectivity index (χ2v) is 8.38. The number of H-pyrrole nitrogens is 1. The quantitative estimate of drug-likeness (QED) is 0.710. The van der Waals surface area contributed by atoms with Gasteiger partial charge in [0, 0.05) is 28.8 Å². The molecule has 1 aromatic carbocycles. The third kappa shape index (κ3) is 4.58. The van der Waals surface area contributed by atoms with Gasteiger partial charge in [0.15, 0.2) is 0 Å². The first-order valence-corrected chi connectivity index (χ1v) is 9.43. The van der Waals surface area contributed by atoms with Crippen LogP contribution in [0.2, 0.25) is 5.02 Å². The number of carbonyl (C=O) groups excluding carboxylic acids is 1. The Balaban J connectivity index is 1.51. The molecule has 0 bridgehead atoms. The third-order valence-electron chi connectivity index (χ3n) is 3.80. The van der Waals surface area contributed by atoms with Crippen molar-refractivity contribution in [2.24, 2.45) is 0 Å². The smallest absolute Gasteiger partial charge is 0.227 e. The zero-order valence-electron chi connectivity index (χ0n) is 14.5. The summed E-state index contributed by atoms with van der Waals surface area (Å²) < 4.78 is 0. The molecule has 2 N–H and O–H groups in total. The van der Waals surface area contributed by atoms with Crippen LogP contribution in [0.1, 0.15) is 37.3 Å². The lowest BCUT2D eigenvalue weighted by atomic mass is 9.93. The third-order valence-corrected chi connectivity index (χ3v) is 4.95. The molecule has 1 amide bonds. The number of nitrogens with one attached hydrogen (secondary N) is 2. The van der Waals surface area contributed by atoms with Crippen LogP contribution in [-0.2, 0) is 23.1 Å². The highest BCUT2D eigenvalue weighted by molar-refractivity contribution is 7.09. The normalized spacial score (nSPS) is 11.8. The molecule has 0 unspecified atom stereocenters. The highest BCUT2D eigenvalue weighted by Gasteiger charge is 2.17. The van der Waals surface area contributed by atoms with E-state index in [0.717, 1.165) is 28.2 Å². The molecule has 132 valence electrons. The number of aromatic amines is 1. The molecule has 2 heterocycles. The molecule has 2 aromatic heterocycles. The Labute approximate surface area is 155 Å². The standard InChI is InChI=1S/C18H21ClN4OS/c1-18(2,3)14-10-25-17(23-14)6-7-20-16(24)9-15-21-12-5-4-11(19)8-13(12)22-15/h4-5,8,10H,6-7,9H2,1-3H3,(H,20,24)(H,21,22). The van der Waals surface area contributed by atoms with Gasteiger partial charge in [0.1, 0.15) is 5.82 Å². The highest BCUT2D eigenvalue weighted by Crippen LogP contribution is 2.24. The molecule has 7 heteroatoms. The van der Waals surface area contributed by atoms with E-state index in [1.807, 2.05) is 6.07 Å². The Bertz CT molecular complexity index is 894. The SMILES string of the molecule is CC(C)(C)c1csc(CCNC(=O)Cc2nc3ccc(Cl)cc3[nH]2)n1. The van der Waals surface area contributed by atoms with E-state index in [1.165, 1.54) is 0 Å². The molecule has 5 nitrogen and oxygen atoms in total. The number of halogens is 1. The maximum Gasteiger partial charge on any atom is 0.227 e. The van der Waals surface area contributed by atoms with Crippen LogP contribution in [0.15, 0.2) is 23.6 Å². The summed E-state index contributed by atoms with van der Waals surface area (Å²) in [6, 6.07) is 5.43. The number of hydrogen-bond acceptors (Lipinski definition) is 4. The number of nitrogens with zero attached hydrogens (tertiary/aromatic N) is 2. The minimum absolute atomic E-state index is 0.0576. The fourth-order valence-electron chi connectivity index (χ4n) is 2.41. The molecule has 0 radical (unpaired) electrons. The Hall–Kier alpha value is -1.92. The Kier molecular flexibility index (Phi) is 5.11. The Morgan fingerprint density at radius 2 is 2.12 bits per heavy atom. The molecule has 0 aliphatic rings. The summed E-state index contributed by atoms with van der Waals surface area (Å²) in [5, 5.41) is 6.71. The number of benzene rings is 1. The van der Waals surface area contributed by atoms with Crippen molar-refractivity contribution in [3.63, 3.8) is 0 Å². The van der Waals surface area contributed by atoms with Crippen LogP contribution >= 0.6 is 22.9 Å². The van der Waals surface area contributed by atoms with E-state index in [2.05, 4.69) is 46.4 Å². The predicted molar refractivity (Wildman–Crippen MR) is 102 cm³/mol. The lowest BCUT2D eigenvalue weighted by Crippen LogP contribution is -2.27. The first-order valence-electron chi connectivity index (χ1n) is 8.17. The van der Waals surface area contributed by atoms with Crippen molar-refractivity contribution in [2.45, 2.75) is 39.0 Å². The van der Waals surface area contributed by atoms with Crippen LogP contribution in [0, 0.1) is 0 Å². The van der Waals surface area contributed by atoms with Gasteiger partial charge in [0.2, 0.25) is 5.91 Å². The molecule has 25 heavy (non-hydrogen) atoms. The molecular formula is C18H21ClN4OS. The number of carbonyl (C=O) groups is 1. The predicted octanol–water partition coefficient (Wildman–Crippen LogP) is 3.87. The fourth-order valence-corrected chi connectivity index (χ4v) is 3.61. The van der Waals surface area contributed by atoms with Crippen LogP contribution in [0.3, 0.4) is 0 Å². The van der Waals surface area contributed by atoms with E-state index in [1.54, 1.807) is 23.5 Å². The minimum Gasteiger partial charge on any atom is -0.355 e. The van der Waals surface area contributed by atoms with Gasteiger partial charge in [-0.2, -0.15) is 0 Å². The van der Waals surface area contributed by atoms with Crippen LogP contribution in [0.25, 0.3) is 11.0 Å². The molecule has 0 atom stereocenters. The lowest BCUT2D eigenvalue weighted by Gasteiger charge is -2.14. The largest absolute Gasteiger partial charge is 0.355 e. The summed E-state index contributed by atoms with van der Waals surface area (Å²) in [7, 11) is 0. The van der Waals surface area contributed by atoms with Gasteiger partial charge in [0.05, 0.1) is 28.2 Å².